The van der Waals surface area contributed by atoms with E-state index in [0.717, 1.165) is 14.7 Å². The van der Waals surface area contributed by atoms with Gasteiger partial charge < -0.3 is 0 Å². The summed E-state index contributed by atoms with van der Waals surface area (Å²) in [6, 6.07) is 2.22. The first-order valence-electron chi connectivity index (χ1n) is 4.49. The van der Waals surface area contributed by atoms with E-state index in [1.54, 1.807) is 22.7 Å². The van der Waals surface area contributed by atoms with Gasteiger partial charge >= 0.3 is 0 Å². The number of nitrogens with two attached hydrogens (primary N) is 1. The first-order chi connectivity index (χ1) is 7.70. The maximum absolute atomic E-state index is 5.59. The van der Waals surface area contributed by atoms with Gasteiger partial charge in [-0.15, -0.1) is 22.7 Å². The molecule has 0 spiro atoms. The Bertz CT molecular complexity index is 436. The molecule has 7 heteroatoms. The molecule has 0 saturated carbocycles. The second-order valence-electron chi connectivity index (χ2n) is 3.16. The maximum Gasteiger partial charge on any atom is 0.0843 e. The third-order valence-corrected chi connectivity index (χ3v) is 6.27. The van der Waals surface area contributed by atoms with E-state index in [-0.39, 0.29) is 6.04 Å². The van der Waals surface area contributed by atoms with Crippen molar-refractivity contribution < 1.29 is 0 Å². The first kappa shape index (κ1) is 12.7. The minimum absolute atomic E-state index is 0.132. The highest BCUT2D eigenvalue weighted by molar-refractivity contribution is 9.13. The zero-order valence-electron chi connectivity index (χ0n) is 8.11. The Balaban J connectivity index is 2.16. The molecule has 0 radical (unpaired) electrons. The molecule has 3 nitrogen and oxygen atoms in total. The van der Waals surface area contributed by atoms with Crippen molar-refractivity contribution in [3.63, 3.8) is 0 Å². The second-order valence-corrected chi connectivity index (χ2v) is 7.39. The van der Waals surface area contributed by atoms with Crippen molar-refractivity contribution >= 4 is 54.5 Å². The quantitative estimate of drug-likeness (QED) is 0.628. The second kappa shape index (κ2) is 5.70. The van der Waals surface area contributed by atoms with Crippen LogP contribution >= 0.6 is 54.5 Å². The average Bonchev–Trinajstić information content (AvgIpc) is 2.86. The van der Waals surface area contributed by atoms with Gasteiger partial charge in [-0.25, -0.2) is 0 Å². The van der Waals surface area contributed by atoms with E-state index < -0.39 is 0 Å². The summed E-state index contributed by atoms with van der Waals surface area (Å²) in [4.78, 5) is 6.49. The molecule has 2 rings (SSSR count). The van der Waals surface area contributed by atoms with E-state index >= 15 is 0 Å². The highest BCUT2D eigenvalue weighted by Gasteiger charge is 2.15. The van der Waals surface area contributed by atoms with Crippen molar-refractivity contribution in [2.75, 3.05) is 0 Å². The largest absolute Gasteiger partial charge is 0.271 e. The third-order valence-electron chi connectivity index (χ3n) is 2.10. The topological polar surface area (TPSA) is 50.9 Å². The normalized spacial score (nSPS) is 12.9. The summed E-state index contributed by atoms with van der Waals surface area (Å²) in [5.74, 6) is 5.59. The Labute approximate surface area is 118 Å². The number of halogens is 2. The lowest BCUT2D eigenvalue weighted by Crippen LogP contribution is -2.28. The van der Waals surface area contributed by atoms with Gasteiger partial charge in [0.15, 0.2) is 0 Å². The monoisotopic (exact) mass is 381 g/mol. The number of hydrogen-bond donors (Lipinski definition) is 2. The summed E-state index contributed by atoms with van der Waals surface area (Å²) in [6.45, 7) is 0. The predicted molar refractivity (Wildman–Crippen MR) is 75.6 cm³/mol. The van der Waals surface area contributed by atoms with E-state index in [9.17, 15) is 0 Å². The number of aromatic nitrogens is 1. The van der Waals surface area contributed by atoms with Crippen LogP contribution in [0.4, 0.5) is 0 Å². The van der Waals surface area contributed by atoms with Crippen molar-refractivity contribution in [2.24, 2.45) is 5.84 Å². The molecule has 86 valence electrons. The number of thiophene rings is 1. The maximum atomic E-state index is 5.59. The molecule has 0 aliphatic carbocycles. The fraction of sp³-hybridized carbons (Fsp3) is 0.222. The zero-order valence-corrected chi connectivity index (χ0v) is 12.9. The molecule has 0 saturated heterocycles. The summed E-state index contributed by atoms with van der Waals surface area (Å²) in [5, 5.41) is 0. The van der Waals surface area contributed by atoms with Crippen LogP contribution < -0.4 is 11.3 Å². The van der Waals surface area contributed by atoms with Crippen molar-refractivity contribution in [1.29, 1.82) is 0 Å². The minimum Gasteiger partial charge on any atom is -0.271 e. The van der Waals surface area contributed by atoms with Crippen LogP contribution in [0.1, 0.15) is 15.8 Å². The van der Waals surface area contributed by atoms with Gasteiger partial charge in [0, 0.05) is 26.8 Å². The van der Waals surface area contributed by atoms with Gasteiger partial charge in [-0.1, -0.05) is 0 Å². The molecular formula is C9H9Br2N3S2. The SMILES string of the molecule is NNC(Cc1cncs1)c1cc(Br)c(Br)s1. The Morgan fingerprint density at radius 2 is 2.31 bits per heavy atom. The fourth-order valence-electron chi connectivity index (χ4n) is 1.32. The molecule has 3 N–H and O–H groups in total. The number of nitrogens with zero attached hydrogens (tertiary/aromatic N) is 1. The van der Waals surface area contributed by atoms with Crippen LogP contribution in [0, 0.1) is 0 Å². The molecule has 2 aromatic rings. The number of hydrogen-bond acceptors (Lipinski definition) is 5. The number of hydrazine groups is 1. The molecular weight excluding hydrogens is 374 g/mol. The number of rotatable bonds is 4. The molecule has 1 unspecified atom stereocenters. The minimum atomic E-state index is 0.132. The van der Waals surface area contributed by atoms with Gasteiger partial charge in [0.25, 0.3) is 0 Å². The van der Waals surface area contributed by atoms with Gasteiger partial charge in [0.05, 0.1) is 15.3 Å². The van der Waals surface area contributed by atoms with Gasteiger partial charge in [-0.2, -0.15) is 0 Å². The van der Waals surface area contributed by atoms with Crippen LogP contribution in [-0.2, 0) is 6.42 Å². The molecule has 0 bridgehead atoms. The molecule has 2 aromatic heterocycles. The van der Waals surface area contributed by atoms with Crippen LogP contribution in [0.15, 0.2) is 26.0 Å². The summed E-state index contributed by atoms with van der Waals surface area (Å²) >= 11 is 10.3. The van der Waals surface area contributed by atoms with Crippen LogP contribution in [0.5, 0.6) is 0 Å². The zero-order chi connectivity index (χ0) is 11.5. The van der Waals surface area contributed by atoms with E-state index in [1.807, 2.05) is 11.7 Å². The van der Waals surface area contributed by atoms with E-state index in [4.69, 9.17) is 5.84 Å². The third kappa shape index (κ3) is 2.91. The molecule has 0 amide bonds. The molecule has 16 heavy (non-hydrogen) atoms. The van der Waals surface area contributed by atoms with Crippen LogP contribution in [0.25, 0.3) is 0 Å². The Morgan fingerprint density at radius 1 is 1.50 bits per heavy atom. The molecule has 0 aliphatic rings. The molecule has 0 aliphatic heterocycles. The van der Waals surface area contributed by atoms with E-state index in [0.29, 0.717) is 0 Å². The highest BCUT2D eigenvalue weighted by atomic mass is 79.9. The number of thiazole rings is 1. The Kier molecular flexibility index (Phi) is 4.51. The molecule has 0 fully saturated rings. The first-order valence-corrected chi connectivity index (χ1v) is 7.77. The fourth-order valence-corrected chi connectivity index (χ4v) is 4.11. The Morgan fingerprint density at radius 3 is 2.81 bits per heavy atom. The lowest BCUT2D eigenvalue weighted by atomic mass is 10.1. The number of nitrogens with one attached hydrogen (secondary N) is 1. The van der Waals surface area contributed by atoms with Crippen molar-refractivity contribution in [2.45, 2.75) is 12.5 Å². The van der Waals surface area contributed by atoms with E-state index in [2.05, 4.69) is 48.3 Å². The summed E-state index contributed by atoms with van der Waals surface area (Å²) < 4.78 is 2.16. The smallest absolute Gasteiger partial charge is 0.0843 e. The summed E-state index contributed by atoms with van der Waals surface area (Å²) in [5.41, 5.74) is 4.68. The lowest BCUT2D eigenvalue weighted by Gasteiger charge is -2.12. The van der Waals surface area contributed by atoms with Crippen LogP contribution in [-0.4, -0.2) is 4.98 Å². The summed E-state index contributed by atoms with van der Waals surface area (Å²) in [7, 11) is 0. The molecule has 1 atom stereocenters. The molecule has 0 aromatic carbocycles. The Hall–Kier alpha value is 0.210. The average molecular weight is 383 g/mol. The predicted octanol–water partition coefficient (Wildman–Crippen LogP) is 3.48. The van der Waals surface area contributed by atoms with Gasteiger partial charge in [0.2, 0.25) is 0 Å². The van der Waals surface area contributed by atoms with Gasteiger partial charge in [-0.3, -0.25) is 16.3 Å². The standard InChI is InChI=1S/C9H9Br2N3S2/c10-6-2-8(16-9(6)11)7(14-12)1-5-3-13-4-15-5/h2-4,7,14H,1,12H2. The van der Waals surface area contributed by atoms with Gasteiger partial charge in [0.1, 0.15) is 0 Å². The van der Waals surface area contributed by atoms with Crippen LogP contribution in [0.2, 0.25) is 0 Å². The highest BCUT2D eigenvalue weighted by Crippen LogP contribution is 2.36. The van der Waals surface area contributed by atoms with Crippen LogP contribution in [0.3, 0.4) is 0 Å². The van der Waals surface area contributed by atoms with Crippen molar-refractivity contribution in [3.8, 4) is 0 Å². The van der Waals surface area contributed by atoms with Crippen molar-refractivity contribution in [1.82, 2.24) is 10.4 Å². The molecule has 2 heterocycles. The van der Waals surface area contributed by atoms with Crippen molar-refractivity contribution in [3.05, 3.63) is 35.8 Å². The van der Waals surface area contributed by atoms with Gasteiger partial charge in [-0.05, 0) is 37.9 Å². The van der Waals surface area contributed by atoms with E-state index in [1.165, 1.54) is 9.75 Å². The summed E-state index contributed by atoms with van der Waals surface area (Å²) in [6.07, 6.45) is 2.74. The lowest BCUT2D eigenvalue weighted by molar-refractivity contribution is 0.564.